The molecule has 2 amide bonds. The summed E-state index contributed by atoms with van der Waals surface area (Å²) in [6.07, 6.45) is 0. The molecule has 0 spiro atoms. The molecular formula is C19H21ClN3O2+. The van der Waals surface area contributed by atoms with E-state index in [0.717, 1.165) is 13.1 Å². The summed E-state index contributed by atoms with van der Waals surface area (Å²) in [7, 11) is 0. The molecule has 0 atom stereocenters. The van der Waals surface area contributed by atoms with Crippen LogP contribution in [-0.4, -0.2) is 49.4 Å². The zero-order chi connectivity index (χ0) is 17.6. The number of amides is 2. The van der Waals surface area contributed by atoms with Gasteiger partial charge < -0.3 is 15.1 Å². The van der Waals surface area contributed by atoms with Crippen molar-refractivity contribution >= 4 is 29.1 Å². The van der Waals surface area contributed by atoms with Crippen LogP contribution in [0.3, 0.4) is 0 Å². The maximum absolute atomic E-state index is 12.4. The molecule has 1 heterocycles. The fourth-order valence-corrected chi connectivity index (χ4v) is 3.15. The van der Waals surface area contributed by atoms with E-state index in [9.17, 15) is 9.59 Å². The molecule has 1 saturated heterocycles. The summed E-state index contributed by atoms with van der Waals surface area (Å²) in [4.78, 5) is 27.6. The van der Waals surface area contributed by atoms with Crippen molar-refractivity contribution in [1.82, 2.24) is 4.90 Å². The molecule has 1 aliphatic rings. The van der Waals surface area contributed by atoms with Crippen LogP contribution in [0, 0.1) is 0 Å². The third-order valence-corrected chi connectivity index (χ3v) is 4.53. The molecule has 2 aromatic carbocycles. The Morgan fingerprint density at radius 3 is 2.44 bits per heavy atom. The number of hydrogen-bond acceptors (Lipinski definition) is 2. The topological polar surface area (TPSA) is 53.9 Å². The minimum Gasteiger partial charge on any atom is -0.327 e. The van der Waals surface area contributed by atoms with E-state index >= 15 is 0 Å². The molecule has 25 heavy (non-hydrogen) atoms. The largest absolute Gasteiger partial charge is 0.327 e. The number of quaternary nitrogens is 1. The molecule has 130 valence electrons. The van der Waals surface area contributed by atoms with Crippen LogP contribution in [0.25, 0.3) is 0 Å². The highest BCUT2D eigenvalue weighted by Gasteiger charge is 2.25. The van der Waals surface area contributed by atoms with Crippen LogP contribution >= 0.6 is 11.6 Å². The second-order valence-corrected chi connectivity index (χ2v) is 6.58. The molecule has 0 aliphatic carbocycles. The highest BCUT2D eigenvalue weighted by atomic mass is 35.5. The molecule has 1 aliphatic heterocycles. The highest BCUT2D eigenvalue weighted by molar-refractivity contribution is 6.30. The minimum absolute atomic E-state index is 0.0416. The zero-order valence-corrected chi connectivity index (χ0v) is 14.6. The lowest BCUT2D eigenvalue weighted by Crippen LogP contribution is -3.15. The smallest absolute Gasteiger partial charge is 0.279 e. The van der Waals surface area contributed by atoms with Gasteiger partial charge in [0.15, 0.2) is 6.54 Å². The van der Waals surface area contributed by atoms with Crippen LogP contribution in [-0.2, 0) is 4.79 Å². The summed E-state index contributed by atoms with van der Waals surface area (Å²) in [6.45, 7) is 3.24. The van der Waals surface area contributed by atoms with Crippen LogP contribution in [0.15, 0.2) is 54.6 Å². The van der Waals surface area contributed by atoms with Crippen molar-refractivity contribution in [1.29, 1.82) is 0 Å². The van der Waals surface area contributed by atoms with Crippen LogP contribution in [0.5, 0.6) is 0 Å². The Morgan fingerprint density at radius 2 is 1.76 bits per heavy atom. The predicted molar refractivity (Wildman–Crippen MR) is 98.0 cm³/mol. The van der Waals surface area contributed by atoms with Crippen molar-refractivity contribution in [3.8, 4) is 0 Å². The van der Waals surface area contributed by atoms with E-state index < -0.39 is 0 Å². The second-order valence-electron chi connectivity index (χ2n) is 6.14. The van der Waals surface area contributed by atoms with Crippen molar-refractivity contribution in [2.75, 3.05) is 38.0 Å². The molecule has 2 N–H and O–H groups in total. The number of carbonyl (C=O) groups excluding carboxylic acids is 2. The quantitative estimate of drug-likeness (QED) is 0.866. The van der Waals surface area contributed by atoms with E-state index in [1.165, 1.54) is 4.90 Å². The van der Waals surface area contributed by atoms with Gasteiger partial charge in [-0.2, -0.15) is 0 Å². The van der Waals surface area contributed by atoms with Gasteiger partial charge in [-0.3, -0.25) is 9.59 Å². The van der Waals surface area contributed by atoms with E-state index in [1.54, 1.807) is 18.2 Å². The molecule has 5 nitrogen and oxygen atoms in total. The molecule has 0 unspecified atom stereocenters. The summed E-state index contributed by atoms with van der Waals surface area (Å²) >= 11 is 5.92. The number of nitrogens with one attached hydrogen (secondary N) is 2. The summed E-state index contributed by atoms with van der Waals surface area (Å²) < 4.78 is 0. The van der Waals surface area contributed by atoms with Gasteiger partial charge in [-0.25, -0.2) is 0 Å². The monoisotopic (exact) mass is 358 g/mol. The number of anilines is 1. The Hall–Kier alpha value is -2.37. The number of halogens is 1. The van der Waals surface area contributed by atoms with Crippen LogP contribution in [0.2, 0.25) is 5.02 Å². The molecule has 6 heteroatoms. The Kier molecular flexibility index (Phi) is 5.68. The molecule has 1 fully saturated rings. The SMILES string of the molecule is O=C(C[NH+]1CCN(C(=O)c2ccccc2)CC1)Nc1cccc(Cl)c1. The number of nitrogens with zero attached hydrogens (tertiary/aromatic N) is 1. The van der Waals surface area contributed by atoms with Gasteiger partial charge in [0.2, 0.25) is 0 Å². The summed E-state index contributed by atoms with van der Waals surface area (Å²) in [6, 6.07) is 16.4. The molecule has 0 aromatic heterocycles. The average molecular weight is 359 g/mol. The van der Waals surface area contributed by atoms with Crippen molar-refractivity contribution in [3.63, 3.8) is 0 Å². The Bertz CT molecular complexity index is 743. The van der Waals surface area contributed by atoms with Gasteiger partial charge in [-0.1, -0.05) is 35.9 Å². The van der Waals surface area contributed by atoms with E-state index in [0.29, 0.717) is 35.9 Å². The third kappa shape index (κ3) is 4.81. The van der Waals surface area contributed by atoms with Gasteiger partial charge in [-0.05, 0) is 30.3 Å². The number of hydrogen-bond donors (Lipinski definition) is 2. The van der Waals surface area contributed by atoms with Crippen molar-refractivity contribution in [2.24, 2.45) is 0 Å². The highest BCUT2D eigenvalue weighted by Crippen LogP contribution is 2.14. The van der Waals surface area contributed by atoms with Gasteiger partial charge in [-0.15, -0.1) is 0 Å². The second kappa shape index (κ2) is 8.14. The lowest BCUT2D eigenvalue weighted by Gasteiger charge is -2.32. The van der Waals surface area contributed by atoms with E-state index in [4.69, 9.17) is 11.6 Å². The van der Waals surface area contributed by atoms with Crippen molar-refractivity contribution < 1.29 is 14.5 Å². The normalized spacial score (nSPS) is 15.0. The first-order valence-electron chi connectivity index (χ1n) is 8.35. The van der Waals surface area contributed by atoms with Crippen molar-refractivity contribution in [3.05, 3.63) is 65.2 Å². The van der Waals surface area contributed by atoms with Gasteiger partial charge in [0.25, 0.3) is 11.8 Å². The Labute approximate surface area is 152 Å². The predicted octanol–water partition coefficient (Wildman–Crippen LogP) is 1.32. The van der Waals surface area contributed by atoms with Crippen LogP contribution < -0.4 is 10.2 Å². The van der Waals surface area contributed by atoms with Crippen LogP contribution in [0.1, 0.15) is 10.4 Å². The summed E-state index contributed by atoms with van der Waals surface area (Å²) in [5.74, 6) is 0.0168. The summed E-state index contributed by atoms with van der Waals surface area (Å²) in [5.41, 5.74) is 1.42. The number of rotatable bonds is 4. The number of piperazine rings is 1. The molecule has 3 rings (SSSR count). The third-order valence-electron chi connectivity index (χ3n) is 4.30. The molecule has 0 saturated carbocycles. The standard InChI is InChI=1S/C19H20ClN3O2/c20-16-7-4-8-17(13-16)21-18(24)14-22-9-11-23(12-10-22)19(25)15-5-2-1-3-6-15/h1-8,13H,9-12,14H2,(H,21,24)/p+1. The van der Waals surface area contributed by atoms with Gasteiger partial charge in [0.1, 0.15) is 0 Å². The van der Waals surface area contributed by atoms with Crippen LogP contribution in [0.4, 0.5) is 5.69 Å². The molecular weight excluding hydrogens is 338 g/mol. The fraction of sp³-hybridized carbons (Fsp3) is 0.263. The van der Waals surface area contributed by atoms with Gasteiger partial charge in [0.05, 0.1) is 26.2 Å². The van der Waals surface area contributed by atoms with Gasteiger partial charge >= 0.3 is 0 Å². The maximum atomic E-state index is 12.4. The Balaban J connectivity index is 1.47. The minimum atomic E-state index is -0.0416. The molecule has 2 aromatic rings. The Morgan fingerprint density at radius 1 is 1.04 bits per heavy atom. The van der Waals surface area contributed by atoms with E-state index in [-0.39, 0.29) is 11.8 Å². The molecule has 0 bridgehead atoms. The number of carbonyl (C=O) groups is 2. The average Bonchev–Trinajstić information content (AvgIpc) is 2.62. The lowest BCUT2D eigenvalue weighted by atomic mass is 10.2. The van der Waals surface area contributed by atoms with E-state index in [1.807, 2.05) is 41.3 Å². The van der Waals surface area contributed by atoms with Crippen molar-refractivity contribution in [2.45, 2.75) is 0 Å². The van der Waals surface area contributed by atoms with E-state index in [2.05, 4.69) is 5.32 Å². The number of benzene rings is 2. The first-order valence-corrected chi connectivity index (χ1v) is 8.73. The first kappa shape index (κ1) is 17.5. The first-order chi connectivity index (χ1) is 12.1. The zero-order valence-electron chi connectivity index (χ0n) is 13.9. The maximum Gasteiger partial charge on any atom is 0.279 e. The van der Waals surface area contributed by atoms with Gasteiger partial charge in [0, 0.05) is 16.3 Å². The fourth-order valence-electron chi connectivity index (χ4n) is 2.96. The molecule has 0 radical (unpaired) electrons. The summed E-state index contributed by atoms with van der Waals surface area (Å²) in [5, 5.41) is 3.46. The lowest BCUT2D eigenvalue weighted by molar-refractivity contribution is -0.895.